The number of nitrogens with zero attached hydrogens (tertiary/aromatic N) is 1. The molecular formula is C8H12N2O5. The van der Waals surface area contributed by atoms with Crippen LogP contribution < -0.4 is 5.73 Å². The molecule has 1 rings (SSSR count). The fourth-order valence-electron chi connectivity index (χ4n) is 1.61. The van der Waals surface area contributed by atoms with Gasteiger partial charge in [-0.2, -0.15) is 0 Å². The maximum Gasteiger partial charge on any atom is 0.326 e. The molecule has 15 heavy (non-hydrogen) atoms. The quantitative estimate of drug-likeness (QED) is 0.492. The highest BCUT2D eigenvalue weighted by Crippen LogP contribution is 2.17. The molecule has 7 heteroatoms. The van der Waals surface area contributed by atoms with Crippen molar-refractivity contribution < 1.29 is 24.6 Å². The second kappa shape index (κ2) is 4.26. The van der Waals surface area contributed by atoms with Crippen molar-refractivity contribution in [1.82, 2.24) is 4.90 Å². The van der Waals surface area contributed by atoms with Gasteiger partial charge in [-0.1, -0.05) is 0 Å². The number of hydrogen-bond donors (Lipinski definition) is 3. The average molecular weight is 216 g/mol. The lowest BCUT2D eigenvalue weighted by atomic mass is 10.2. The topological polar surface area (TPSA) is 121 Å². The van der Waals surface area contributed by atoms with Gasteiger partial charge in [-0.05, 0) is 6.42 Å². The van der Waals surface area contributed by atoms with E-state index in [1.807, 2.05) is 0 Å². The van der Waals surface area contributed by atoms with Crippen LogP contribution in [0.2, 0.25) is 0 Å². The molecule has 1 aliphatic rings. The van der Waals surface area contributed by atoms with Gasteiger partial charge >= 0.3 is 11.9 Å². The molecular weight excluding hydrogens is 204 g/mol. The van der Waals surface area contributed by atoms with E-state index < -0.39 is 36.4 Å². The Labute approximate surface area is 85.5 Å². The summed E-state index contributed by atoms with van der Waals surface area (Å²) in [6.07, 6.45) is -0.531. The lowest BCUT2D eigenvalue weighted by Gasteiger charge is -2.20. The van der Waals surface area contributed by atoms with Gasteiger partial charge in [0.15, 0.2) is 0 Å². The molecule has 0 aromatic rings. The number of nitrogens with two attached hydrogens (primary N) is 1. The Bertz CT molecular complexity index is 303. The van der Waals surface area contributed by atoms with Gasteiger partial charge in [0.1, 0.15) is 12.5 Å². The highest BCUT2D eigenvalue weighted by molar-refractivity contribution is 5.95. The number of aliphatic carboxylic acids is 2. The molecule has 84 valence electrons. The van der Waals surface area contributed by atoms with Crippen LogP contribution >= 0.6 is 0 Å². The Morgan fingerprint density at radius 1 is 1.33 bits per heavy atom. The highest BCUT2D eigenvalue weighted by atomic mass is 16.4. The van der Waals surface area contributed by atoms with E-state index in [1.54, 1.807) is 0 Å². The Morgan fingerprint density at radius 3 is 2.40 bits per heavy atom. The Balaban J connectivity index is 2.70. The maximum absolute atomic E-state index is 11.3. The zero-order valence-electron chi connectivity index (χ0n) is 7.92. The van der Waals surface area contributed by atoms with Crippen LogP contribution in [0, 0.1) is 0 Å². The molecule has 1 aliphatic heterocycles. The van der Waals surface area contributed by atoms with E-state index in [4.69, 9.17) is 15.9 Å². The summed E-state index contributed by atoms with van der Waals surface area (Å²) in [5.74, 6) is -3.13. The van der Waals surface area contributed by atoms with Crippen molar-refractivity contribution in [2.45, 2.75) is 24.9 Å². The molecule has 1 amide bonds. The molecule has 1 saturated heterocycles. The predicted molar refractivity (Wildman–Crippen MR) is 48.0 cm³/mol. The summed E-state index contributed by atoms with van der Waals surface area (Å²) in [6.45, 7) is 0.100. The molecule has 7 nitrogen and oxygen atoms in total. The average Bonchev–Trinajstić information content (AvgIpc) is 2.46. The normalized spacial score (nSPS) is 25.3. The van der Waals surface area contributed by atoms with Crippen molar-refractivity contribution in [3.63, 3.8) is 0 Å². The van der Waals surface area contributed by atoms with Gasteiger partial charge in [0.25, 0.3) is 0 Å². The van der Waals surface area contributed by atoms with Crippen molar-refractivity contribution in [3.8, 4) is 0 Å². The smallest absolute Gasteiger partial charge is 0.326 e. The van der Waals surface area contributed by atoms with Gasteiger partial charge < -0.3 is 20.8 Å². The fourth-order valence-corrected chi connectivity index (χ4v) is 1.61. The van der Waals surface area contributed by atoms with Crippen LogP contribution in [0.1, 0.15) is 12.8 Å². The number of carboxylic acids is 2. The maximum atomic E-state index is 11.3. The van der Waals surface area contributed by atoms with Crippen LogP contribution in [0.4, 0.5) is 0 Å². The standard InChI is InChI=1S/C8H12N2O5/c9-4-1-5(8(14)15)10(3-4)6(11)2-7(12)13/h4-5H,1-3,9H2,(H,12,13)(H,14,15). The monoisotopic (exact) mass is 216 g/mol. The third-order valence-corrected chi connectivity index (χ3v) is 2.24. The molecule has 2 unspecified atom stereocenters. The molecule has 0 saturated carbocycles. The molecule has 4 N–H and O–H groups in total. The second-order valence-corrected chi connectivity index (χ2v) is 3.47. The van der Waals surface area contributed by atoms with E-state index >= 15 is 0 Å². The minimum absolute atomic E-state index is 0.100. The number of hydrogen-bond acceptors (Lipinski definition) is 4. The number of carbonyl (C=O) groups excluding carboxylic acids is 1. The first kappa shape index (κ1) is 11.4. The van der Waals surface area contributed by atoms with E-state index in [0.717, 1.165) is 4.90 Å². The zero-order chi connectivity index (χ0) is 11.6. The highest BCUT2D eigenvalue weighted by Gasteiger charge is 2.38. The van der Waals surface area contributed by atoms with Crippen LogP contribution in [0.5, 0.6) is 0 Å². The van der Waals surface area contributed by atoms with Gasteiger partial charge in [-0.25, -0.2) is 4.79 Å². The second-order valence-electron chi connectivity index (χ2n) is 3.47. The summed E-state index contributed by atoms with van der Waals surface area (Å²) >= 11 is 0. The van der Waals surface area contributed by atoms with Crippen LogP contribution in [0.15, 0.2) is 0 Å². The summed E-state index contributed by atoms with van der Waals surface area (Å²) in [5, 5.41) is 17.2. The SMILES string of the molecule is NC1CC(C(=O)O)N(C(=O)CC(=O)O)C1. The summed E-state index contributed by atoms with van der Waals surface area (Å²) in [6, 6.07) is -1.39. The number of rotatable bonds is 3. The fraction of sp³-hybridized carbons (Fsp3) is 0.625. The molecule has 0 aromatic heterocycles. The summed E-state index contributed by atoms with van der Waals surface area (Å²) < 4.78 is 0. The van der Waals surface area contributed by atoms with E-state index in [0.29, 0.717) is 0 Å². The van der Waals surface area contributed by atoms with Gasteiger partial charge in [-0.15, -0.1) is 0 Å². The zero-order valence-corrected chi connectivity index (χ0v) is 7.92. The van der Waals surface area contributed by atoms with Crippen LogP contribution in [0.3, 0.4) is 0 Å². The van der Waals surface area contributed by atoms with Gasteiger partial charge in [-0.3, -0.25) is 9.59 Å². The van der Waals surface area contributed by atoms with Crippen molar-refractivity contribution in [1.29, 1.82) is 0 Å². The van der Waals surface area contributed by atoms with Crippen LogP contribution in [-0.4, -0.2) is 51.6 Å². The van der Waals surface area contributed by atoms with E-state index in [1.165, 1.54) is 0 Å². The molecule has 0 aliphatic carbocycles. The van der Waals surface area contributed by atoms with Gasteiger partial charge in [0.05, 0.1) is 0 Å². The third kappa shape index (κ3) is 2.66. The molecule has 0 spiro atoms. The van der Waals surface area contributed by atoms with Crippen LogP contribution in [-0.2, 0) is 14.4 Å². The van der Waals surface area contributed by atoms with Crippen molar-refractivity contribution >= 4 is 17.8 Å². The molecule has 2 atom stereocenters. The number of carboxylic acid groups (broad SMARTS) is 2. The number of carbonyl (C=O) groups is 3. The van der Waals surface area contributed by atoms with Crippen LogP contribution in [0.25, 0.3) is 0 Å². The molecule has 1 heterocycles. The molecule has 0 aromatic carbocycles. The van der Waals surface area contributed by atoms with Crippen molar-refractivity contribution in [2.24, 2.45) is 5.73 Å². The first-order valence-electron chi connectivity index (χ1n) is 4.41. The lowest BCUT2D eigenvalue weighted by Crippen LogP contribution is -2.41. The lowest BCUT2D eigenvalue weighted by molar-refractivity contribution is -0.151. The van der Waals surface area contributed by atoms with E-state index in [-0.39, 0.29) is 13.0 Å². The Kier molecular flexibility index (Phi) is 3.25. The van der Waals surface area contributed by atoms with Crippen molar-refractivity contribution in [2.75, 3.05) is 6.54 Å². The third-order valence-electron chi connectivity index (χ3n) is 2.24. The minimum Gasteiger partial charge on any atom is -0.481 e. The first-order valence-corrected chi connectivity index (χ1v) is 4.41. The number of amides is 1. The summed E-state index contributed by atoms with van der Waals surface area (Å²) in [5.41, 5.74) is 5.52. The Morgan fingerprint density at radius 2 is 1.93 bits per heavy atom. The minimum atomic E-state index is -1.27. The molecule has 1 fully saturated rings. The van der Waals surface area contributed by atoms with Gasteiger partial charge in [0.2, 0.25) is 5.91 Å². The Hall–Kier alpha value is -1.63. The van der Waals surface area contributed by atoms with Crippen molar-refractivity contribution in [3.05, 3.63) is 0 Å². The van der Waals surface area contributed by atoms with Gasteiger partial charge in [0, 0.05) is 12.6 Å². The largest absolute Gasteiger partial charge is 0.481 e. The molecule has 0 radical (unpaired) electrons. The first-order chi connectivity index (χ1) is 6.91. The number of likely N-dealkylation sites (tertiary alicyclic amines) is 1. The van der Waals surface area contributed by atoms with E-state index in [2.05, 4.69) is 0 Å². The molecule has 0 bridgehead atoms. The van der Waals surface area contributed by atoms with E-state index in [9.17, 15) is 14.4 Å². The summed E-state index contributed by atoms with van der Waals surface area (Å²) in [7, 11) is 0. The summed E-state index contributed by atoms with van der Waals surface area (Å²) in [4.78, 5) is 33.4. The predicted octanol–water partition coefficient (Wildman–Crippen LogP) is -1.53.